The van der Waals surface area contributed by atoms with Crippen LogP contribution in [0.15, 0.2) is 18.3 Å². The van der Waals surface area contributed by atoms with Crippen LogP contribution in [0.25, 0.3) is 0 Å². The van der Waals surface area contributed by atoms with Gasteiger partial charge in [0.1, 0.15) is 0 Å². The molecule has 1 fully saturated rings. The van der Waals surface area contributed by atoms with Gasteiger partial charge >= 0.3 is 0 Å². The Hall–Kier alpha value is -1.29. The van der Waals surface area contributed by atoms with Crippen molar-refractivity contribution >= 4 is 5.82 Å². The van der Waals surface area contributed by atoms with Gasteiger partial charge in [0.2, 0.25) is 0 Å². The Kier molecular flexibility index (Phi) is 5.45. The average Bonchev–Trinajstić information content (AvgIpc) is 2.45. The largest absolute Gasteiger partial charge is 0.490 e. The van der Waals surface area contributed by atoms with Crippen LogP contribution in [0, 0.1) is 5.92 Å². The fourth-order valence-electron chi connectivity index (χ4n) is 2.51. The van der Waals surface area contributed by atoms with Gasteiger partial charge in [-0.25, -0.2) is 4.98 Å². The summed E-state index contributed by atoms with van der Waals surface area (Å²) in [6.07, 6.45) is 6.94. The molecule has 0 saturated heterocycles. The first-order chi connectivity index (χ1) is 9.31. The molecule has 0 aliphatic heterocycles. The summed E-state index contributed by atoms with van der Waals surface area (Å²) < 4.78 is 5.67. The molecule has 0 amide bonds. The van der Waals surface area contributed by atoms with Crippen LogP contribution < -0.4 is 10.1 Å². The molecule has 1 aliphatic carbocycles. The van der Waals surface area contributed by atoms with Gasteiger partial charge in [-0.1, -0.05) is 19.8 Å². The quantitative estimate of drug-likeness (QED) is 0.829. The molecule has 0 spiro atoms. The molecule has 19 heavy (non-hydrogen) atoms. The van der Waals surface area contributed by atoms with Crippen molar-refractivity contribution in [2.75, 3.05) is 18.5 Å². The monoisotopic (exact) mass is 264 g/mol. The normalized spacial score (nSPS) is 23.1. The van der Waals surface area contributed by atoms with Gasteiger partial charge in [-0.2, -0.15) is 0 Å². The molecule has 2 rings (SSSR count). The first-order valence-corrected chi connectivity index (χ1v) is 7.31. The molecule has 2 unspecified atom stereocenters. The summed E-state index contributed by atoms with van der Waals surface area (Å²) in [5.41, 5.74) is 0. The van der Waals surface area contributed by atoms with Crippen LogP contribution in [-0.2, 0) is 0 Å². The van der Waals surface area contributed by atoms with Gasteiger partial charge in [-0.3, -0.25) is 0 Å². The molecule has 1 heterocycles. The van der Waals surface area contributed by atoms with Gasteiger partial charge in [-0.15, -0.1) is 0 Å². The number of aliphatic hydroxyl groups is 1. The number of anilines is 1. The van der Waals surface area contributed by atoms with Crippen LogP contribution in [0.1, 0.15) is 39.0 Å². The lowest BCUT2D eigenvalue weighted by Crippen LogP contribution is -2.30. The van der Waals surface area contributed by atoms with Crippen molar-refractivity contribution in [1.29, 1.82) is 0 Å². The Morgan fingerprint density at radius 3 is 3.05 bits per heavy atom. The lowest BCUT2D eigenvalue weighted by Gasteiger charge is -2.28. The number of aliphatic hydroxyl groups excluding tert-OH is 1. The molecule has 0 bridgehead atoms. The summed E-state index contributed by atoms with van der Waals surface area (Å²) in [4.78, 5) is 4.32. The SMILES string of the molecule is CCCOc1cccnc1NCC1CCCCC1O. The third-order valence-electron chi connectivity index (χ3n) is 3.63. The van der Waals surface area contributed by atoms with E-state index in [0.29, 0.717) is 12.5 Å². The van der Waals surface area contributed by atoms with Crippen molar-refractivity contribution in [3.8, 4) is 5.75 Å². The molecule has 4 nitrogen and oxygen atoms in total. The van der Waals surface area contributed by atoms with Gasteiger partial charge in [-0.05, 0) is 31.4 Å². The van der Waals surface area contributed by atoms with Crippen molar-refractivity contribution in [3.63, 3.8) is 0 Å². The third kappa shape index (κ3) is 4.10. The lowest BCUT2D eigenvalue weighted by atomic mass is 9.86. The van der Waals surface area contributed by atoms with Gasteiger partial charge in [0.05, 0.1) is 12.7 Å². The maximum Gasteiger partial charge on any atom is 0.168 e. The Morgan fingerprint density at radius 1 is 1.42 bits per heavy atom. The Balaban J connectivity index is 1.91. The summed E-state index contributed by atoms with van der Waals surface area (Å²) in [7, 11) is 0. The predicted octanol–water partition coefficient (Wildman–Crippen LogP) is 2.83. The highest BCUT2D eigenvalue weighted by Gasteiger charge is 2.23. The van der Waals surface area contributed by atoms with E-state index < -0.39 is 0 Å². The first kappa shape index (κ1) is 14.1. The fraction of sp³-hybridized carbons (Fsp3) is 0.667. The van der Waals surface area contributed by atoms with E-state index in [1.165, 1.54) is 6.42 Å². The number of hydrogen-bond acceptors (Lipinski definition) is 4. The van der Waals surface area contributed by atoms with Crippen LogP contribution in [0.5, 0.6) is 5.75 Å². The third-order valence-corrected chi connectivity index (χ3v) is 3.63. The van der Waals surface area contributed by atoms with Gasteiger partial charge in [0.15, 0.2) is 11.6 Å². The molecule has 2 N–H and O–H groups in total. The number of nitrogens with zero attached hydrogens (tertiary/aromatic N) is 1. The van der Waals surface area contributed by atoms with Crippen molar-refractivity contribution in [2.45, 2.75) is 45.1 Å². The summed E-state index contributed by atoms with van der Waals surface area (Å²) in [6.45, 7) is 3.55. The summed E-state index contributed by atoms with van der Waals surface area (Å²) in [6, 6.07) is 3.81. The minimum atomic E-state index is -0.176. The second-order valence-corrected chi connectivity index (χ2v) is 5.19. The Morgan fingerprint density at radius 2 is 2.26 bits per heavy atom. The van der Waals surface area contributed by atoms with Crippen molar-refractivity contribution < 1.29 is 9.84 Å². The maximum absolute atomic E-state index is 9.97. The van der Waals surface area contributed by atoms with E-state index >= 15 is 0 Å². The van der Waals surface area contributed by atoms with Crippen LogP contribution in [-0.4, -0.2) is 29.3 Å². The molecule has 1 aromatic rings. The van der Waals surface area contributed by atoms with E-state index in [-0.39, 0.29) is 6.10 Å². The zero-order chi connectivity index (χ0) is 13.5. The van der Waals surface area contributed by atoms with E-state index in [9.17, 15) is 5.11 Å². The summed E-state index contributed by atoms with van der Waals surface area (Å²) in [5.74, 6) is 1.91. The van der Waals surface area contributed by atoms with Crippen LogP contribution in [0.4, 0.5) is 5.82 Å². The van der Waals surface area contributed by atoms with Crippen molar-refractivity contribution in [2.24, 2.45) is 5.92 Å². The number of nitrogens with one attached hydrogen (secondary N) is 1. The minimum Gasteiger partial charge on any atom is -0.490 e. The Labute approximate surface area is 115 Å². The molecule has 1 saturated carbocycles. The van der Waals surface area contributed by atoms with Crippen molar-refractivity contribution in [1.82, 2.24) is 4.98 Å². The van der Waals surface area contributed by atoms with Gasteiger partial charge in [0, 0.05) is 18.7 Å². The van der Waals surface area contributed by atoms with E-state index in [1.807, 2.05) is 12.1 Å². The average molecular weight is 264 g/mol. The van der Waals surface area contributed by atoms with Crippen LogP contribution in [0.2, 0.25) is 0 Å². The number of ether oxygens (including phenoxy) is 1. The van der Waals surface area contributed by atoms with E-state index in [2.05, 4.69) is 17.2 Å². The van der Waals surface area contributed by atoms with Gasteiger partial charge in [0.25, 0.3) is 0 Å². The standard InChI is InChI=1S/C15H24N2O2/c1-2-10-19-14-8-5-9-16-15(14)17-11-12-6-3-4-7-13(12)18/h5,8-9,12-13,18H,2-4,6-7,10-11H2,1H3,(H,16,17). The molecule has 2 atom stereocenters. The highest BCUT2D eigenvalue weighted by Crippen LogP contribution is 2.26. The van der Waals surface area contributed by atoms with Crippen LogP contribution >= 0.6 is 0 Å². The van der Waals surface area contributed by atoms with E-state index in [4.69, 9.17) is 4.74 Å². The molecule has 1 aromatic heterocycles. The molecule has 1 aliphatic rings. The number of pyridine rings is 1. The molecular weight excluding hydrogens is 240 g/mol. The van der Waals surface area contributed by atoms with Crippen LogP contribution in [0.3, 0.4) is 0 Å². The number of rotatable bonds is 6. The predicted molar refractivity (Wildman–Crippen MR) is 76.5 cm³/mol. The summed E-state index contributed by atoms with van der Waals surface area (Å²) in [5, 5.41) is 13.3. The molecule has 106 valence electrons. The second kappa shape index (κ2) is 7.34. The Bertz CT molecular complexity index is 384. The summed E-state index contributed by atoms with van der Waals surface area (Å²) >= 11 is 0. The van der Waals surface area contributed by atoms with E-state index in [1.54, 1.807) is 6.20 Å². The number of hydrogen-bond donors (Lipinski definition) is 2. The second-order valence-electron chi connectivity index (χ2n) is 5.19. The first-order valence-electron chi connectivity index (χ1n) is 7.31. The lowest BCUT2D eigenvalue weighted by molar-refractivity contribution is 0.0762. The smallest absolute Gasteiger partial charge is 0.168 e. The van der Waals surface area contributed by atoms with E-state index in [0.717, 1.165) is 43.8 Å². The highest BCUT2D eigenvalue weighted by atomic mass is 16.5. The molecular formula is C15H24N2O2. The minimum absolute atomic E-state index is 0.176. The fourth-order valence-corrected chi connectivity index (χ4v) is 2.51. The molecule has 4 heteroatoms. The zero-order valence-electron chi connectivity index (χ0n) is 11.6. The zero-order valence-corrected chi connectivity index (χ0v) is 11.6. The number of aromatic nitrogens is 1. The highest BCUT2D eigenvalue weighted by molar-refractivity contribution is 5.49. The van der Waals surface area contributed by atoms with Gasteiger partial charge < -0.3 is 15.2 Å². The topological polar surface area (TPSA) is 54.4 Å². The molecule has 0 aromatic carbocycles. The van der Waals surface area contributed by atoms with Crippen molar-refractivity contribution in [3.05, 3.63) is 18.3 Å². The molecule has 0 radical (unpaired) electrons. The maximum atomic E-state index is 9.97.